The third-order valence-electron chi connectivity index (χ3n) is 12.3. The van der Waals surface area contributed by atoms with Crippen LogP contribution in [0.25, 0.3) is 0 Å². The molecule has 0 radical (unpaired) electrons. The number of carbonyl (C=O) groups is 2. The average molecular weight is 970 g/mol. The van der Waals surface area contributed by atoms with Gasteiger partial charge in [-0.25, -0.2) is 9.36 Å². The molecule has 0 aromatic heterocycles. The van der Waals surface area contributed by atoms with Gasteiger partial charge in [0.05, 0.1) is 12.7 Å². The summed E-state index contributed by atoms with van der Waals surface area (Å²) in [6.45, 7) is 5.15. The van der Waals surface area contributed by atoms with Crippen molar-refractivity contribution in [3.63, 3.8) is 0 Å². The third-order valence-corrected chi connectivity index (χ3v) is 12.8. The molecule has 1 rings (SSSR count). The van der Waals surface area contributed by atoms with Crippen molar-refractivity contribution in [2.75, 3.05) is 26.4 Å². The standard InChI is InChI=1S/C50H94F2NO12P/c1-4-7-10-13-16-19-21-22-25-28-31-34-38-61-42(35-32-29-26-23-18-15-12-9-6-3)36-39-62-47-45(48(63-41-44(55)56)64-43(40-54)46(47)65-66(58,59)60)53-49(57)50(51,52)37-33-30-27-24-20-17-14-11-8-5-2/h19,21,42-43,45-48,54H,4-18,20,22-41H2,1-3H3,(H,53,57)(H,55,56)(H2,58,59,60)/b21-19-/t42-,43-,45-,46-,47-,48+/m1/s1. The highest BCUT2D eigenvalue weighted by atomic mass is 31.2. The lowest BCUT2D eigenvalue weighted by Crippen LogP contribution is -2.67. The summed E-state index contributed by atoms with van der Waals surface area (Å²) in [5, 5.41) is 21.9. The number of aliphatic hydroxyl groups is 1. The number of carboxylic acid groups (broad SMARTS) is 1. The van der Waals surface area contributed by atoms with Gasteiger partial charge in [0.15, 0.2) is 6.29 Å². The zero-order chi connectivity index (χ0) is 48.7. The van der Waals surface area contributed by atoms with Crippen LogP contribution in [0.15, 0.2) is 12.2 Å². The van der Waals surface area contributed by atoms with E-state index in [2.05, 4.69) is 38.2 Å². The summed E-state index contributed by atoms with van der Waals surface area (Å²) in [5.41, 5.74) is 0. The molecular weight excluding hydrogens is 876 g/mol. The van der Waals surface area contributed by atoms with E-state index in [9.17, 15) is 34.2 Å². The van der Waals surface area contributed by atoms with Gasteiger partial charge < -0.3 is 44.3 Å². The minimum Gasteiger partial charge on any atom is -0.480 e. The Morgan fingerprint density at radius 2 is 1.15 bits per heavy atom. The largest absolute Gasteiger partial charge is 0.480 e. The molecule has 16 heteroatoms. The van der Waals surface area contributed by atoms with Crippen molar-refractivity contribution in [3.05, 3.63) is 12.2 Å². The number of halogens is 2. The van der Waals surface area contributed by atoms with E-state index in [1.54, 1.807) is 0 Å². The van der Waals surface area contributed by atoms with Crippen LogP contribution < -0.4 is 5.32 Å². The number of ether oxygens (including phenoxy) is 4. The molecule has 0 saturated carbocycles. The maximum absolute atomic E-state index is 15.5. The Labute approximate surface area is 397 Å². The number of unbranched alkanes of at least 4 members (excludes halogenated alkanes) is 25. The van der Waals surface area contributed by atoms with Crippen LogP contribution >= 0.6 is 7.82 Å². The van der Waals surface area contributed by atoms with Crippen LogP contribution in [0, 0.1) is 0 Å². The molecule has 6 atom stereocenters. The van der Waals surface area contributed by atoms with Gasteiger partial charge in [-0.05, 0) is 51.4 Å². The first kappa shape index (κ1) is 62.5. The average Bonchev–Trinajstić information content (AvgIpc) is 3.27. The van der Waals surface area contributed by atoms with E-state index in [1.165, 1.54) is 77.0 Å². The molecule has 0 aromatic carbocycles. The lowest BCUT2D eigenvalue weighted by molar-refractivity contribution is -0.275. The highest BCUT2D eigenvalue weighted by Gasteiger charge is 2.52. The number of hydrogen-bond acceptors (Lipinski definition) is 9. The predicted octanol–water partition coefficient (Wildman–Crippen LogP) is 12.3. The fourth-order valence-electron chi connectivity index (χ4n) is 8.41. The number of aliphatic hydroxyl groups excluding tert-OH is 1. The molecule has 1 fully saturated rings. The highest BCUT2D eigenvalue weighted by Crippen LogP contribution is 2.42. The van der Waals surface area contributed by atoms with Crippen LogP contribution in [-0.4, -0.2) is 101 Å². The van der Waals surface area contributed by atoms with Crippen LogP contribution in [0.5, 0.6) is 0 Å². The normalized spacial score (nSPS) is 19.7. The monoisotopic (exact) mass is 970 g/mol. The molecule has 1 aliphatic heterocycles. The van der Waals surface area contributed by atoms with E-state index < -0.39 is 75.9 Å². The SMILES string of the molecule is CCCCCC/C=C\CCCCCCO[C@H](CCCCCCCCCCC)CCO[C@@H]1[C@@H](NC(=O)C(F)(F)CCCCCCCCCCCC)[C@@H](OCC(=O)O)O[C@H](CO)[C@H]1OP(=O)(O)O. The molecule has 5 N–H and O–H groups in total. The van der Waals surface area contributed by atoms with Gasteiger partial charge in [-0.3, -0.25) is 9.32 Å². The lowest BCUT2D eigenvalue weighted by Gasteiger charge is -2.45. The van der Waals surface area contributed by atoms with Crippen LogP contribution in [0.4, 0.5) is 8.78 Å². The van der Waals surface area contributed by atoms with Gasteiger partial charge >= 0.3 is 19.7 Å². The second-order valence-corrected chi connectivity index (χ2v) is 19.6. The Morgan fingerprint density at radius 1 is 0.667 bits per heavy atom. The summed E-state index contributed by atoms with van der Waals surface area (Å²) < 4.78 is 71.9. The maximum atomic E-state index is 15.5. The van der Waals surface area contributed by atoms with Crippen molar-refractivity contribution in [1.29, 1.82) is 0 Å². The van der Waals surface area contributed by atoms with Crippen molar-refractivity contribution in [1.82, 2.24) is 5.32 Å². The lowest BCUT2D eigenvalue weighted by atomic mass is 9.95. The van der Waals surface area contributed by atoms with Gasteiger partial charge in [-0.15, -0.1) is 0 Å². The molecule has 0 aliphatic carbocycles. The van der Waals surface area contributed by atoms with E-state index in [1.807, 2.05) is 0 Å². The molecule has 0 unspecified atom stereocenters. The number of amides is 1. The summed E-state index contributed by atoms with van der Waals surface area (Å²) >= 11 is 0. The molecule has 1 amide bonds. The van der Waals surface area contributed by atoms with Gasteiger partial charge in [0.25, 0.3) is 5.91 Å². The first-order valence-electron chi connectivity index (χ1n) is 26.2. The summed E-state index contributed by atoms with van der Waals surface area (Å²) in [5.74, 6) is -6.98. The number of allylic oxidation sites excluding steroid dienone is 2. The first-order valence-corrected chi connectivity index (χ1v) is 27.7. The van der Waals surface area contributed by atoms with E-state index in [0.717, 1.165) is 103 Å². The molecule has 1 heterocycles. The Hall–Kier alpha value is -1.55. The van der Waals surface area contributed by atoms with Gasteiger partial charge in [-0.2, -0.15) is 8.78 Å². The van der Waals surface area contributed by atoms with Crippen molar-refractivity contribution in [2.45, 2.75) is 269 Å². The summed E-state index contributed by atoms with van der Waals surface area (Å²) in [6.07, 6.45) is 28.8. The number of nitrogens with one attached hydrogen (secondary N) is 1. The zero-order valence-electron chi connectivity index (χ0n) is 41.3. The first-order chi connectivity index (χ1) is 31.8. The smallest absolute Gasteiger partial charge is 0.470 e. The van der Waals surface area contributed by atoms with Crippen molar-refractivity contribution >= 4 is 19.7 Å². The molecule has 390 valence electrons. The highest BCUT2D eigenvalue weighted by molar-refractivity contribution is 7.46. The minimum atomic E-state index is -5.32. The number of carboxylic acids is 1. The van der Waals surface area contributed by atoms with Crippen LogP contribution in [0.1, 0.15) is 226 Å². The molecule has 66 heavy (non-hydrogen) atoms. The molecule has 0 spiro atoms. The topological polar surface area (TPSA) is 190 Å². The maximum Gasteiger partial charge on any atom is 0.470 e. The Kier molecular flexibility index (Phi) is 38.1. The van der Waals surface area contributed by atoms with Crippen molar-refractivity contribution < 1.29 is 66.4 Å². The molecule has 1 saturated heterocycles. The summed E-state index contributed by atoms with van der Waals surface area (Å²) in [6, 6.07) is -1.71. The molecule has 1 aliphatic rings. The molecule has 0 bridgehead atoms. The Balaban J connectivity index is 3.08. The van der Waals surface area contributed by atoms with E-state index in [0.29, 0.717) is 19.4 Å². The van der Waals surface area contributed by atoms with Gasteiger partial charge in [0.1, 0.15) is 31.0 Å². The number of hydrogen-bond donors (Lipinski definition) is 5. The van der Waals surface area contributed by atoms with Crippen LogP contribution in [0.2, 0.25) is 0 Å². The van der Waals surface area contributed by atoms with E-state index in [4.69, 9.17) is 23.5 Å². The van der Waals surface area contributed by atoms with Gasteiger partial charge in [0, 0.05) is 19.6 Å². The number of phosphoric acid groups is 1. The number of phosphoric ester groups is 1. The van der Waals surface area contributed by atoms with Crippen molar-refractivity contribution in [3.8, 4) is 0 Å². The van der Waals surface area contributed by atoms with Crippen LogP contribution in [0.3, 0.4) is 0 Å². The Bertz CT molecular complexity index is 1260. The summed E-state index contributed by atoms with van der Waals surface area (Å²) in [4.78, 5) is 44.7. The van der Waals surface area contributed by atoms with E-state index >= 15 is 8.78 Å². The number of carbonyl (C=O) groups excluding carboxylic acids is 1. The second-order valence-electron chi connectivity index (χ2n) is 18.4. The quantitative estimate of drug-likeness (QED) is 0.0221. The van der Waals surface area contributed by atoms with Crippen LogP contribution in [-0.2, 0) is 37.6 Å². The van der Waals surface area contributed by atoms with Gasteiger partial charge in [0.2, 0.25) is 0 Å². The number of alkyl halides is 2. The molecule has 0 aromatic rings. The minimum absolute atomic E-state index is 0.0871. The fraction of sp³-hybridized carbons (Fsp3) is 0.920. The zero-order valence-corrected chi connectivity index (χ0v) is 42.2. The van der Waals surface area contributed by atoms with Gasteiger partial charge in [-0.1, -0.05) is 181 Å². The molecule has 13 nitrogen and oxygen atoms in total. The second kappa shape index (κ2) is 40.2. The number of rotatable bonds is 46. The Morgan fingerprint density at radius 3 is 1.67 bits per heavy atom. The van der Waals surface area contributed by atoms with Crippen molar-refractivity contribution in [2.24, 2.45) is 0 Å². The summed E-state index contributed by atoms with van der Waals surface area (Å²) in [7, 11) is -5.32. The van der Waals surface area contributed by atoms with E-state index in [-0.39, 0.29) is 19.1 Å². The number of aliphatic carboxylic acids is 1. The fourth-order valence-corrected chi connectivity index (χ4v) is 8.98. The predicted molar refractivity (Wildman–Crippen MR) is 257 cm³/mol. The molecular formula is C50H94F2NO12P. The third kappa shape index (κ3) is 32.3.